The summed E-state index contributed by atoms with van der Waals surface area (Å²) >= 11 is 0. The minimum absolute atomic E-state index is 0.261. The highest BCUT2D eigenvalue weighted by Gasteiger charge is 2.33. The molecule has 0 heterocycles. The van der Waals surface area contributed by atoms with Gasteiger partial charge in [0, 0.05) is 36.0 Å². The van der Waals surface area contributed by atoms with Gasteiger partial charge in [-0.05, 0) is 89.7 Å². The molecule has 0 aliphatic rings. The fourth-order valence-electron chi connectivity index (χ4n) is 6.34. The van der Waals surface area contributed by atoms with Crippen LogP contribution in [-0.4, -0.2) is 39.2 Å². The summed E-state index contributed by atoms with van der Waals surface area (Å²) in [6, 6.07) is 12.4. The van der Waals surface area contributed by atoms with Crippen molar-refractivity contribution in [3.8, 4) is 17.2 Å². The van der Waals surface area contributed by atoms with Crippen LogP contribution in [-0.2, 0) is 64.1 Å². The van der Waals surface area contributed by atoms with Crippen LogP contribution in [0.5, 0.6) is 17.2 Å². The van der Waals surface area contributed by atoms with Crippen molar-refractivity contribution in [2.75, 3.05) is 21.3 Å². The van der Waals surface area contributed by atoms with Crippen LogP contribution in [0.2, 0.25) is 0 Å². The second kappa shape index (κ2) is 18.7. The lowest BCUT2D eigenvalue weighted by Gasteiger charge is -2.31. The molecule has 3 aromatic carbocycles. The maximum atomic E-state index is 12.0. The predicted octanol–water partition coefficient (Wildman–Crippen LogP) is 10.6. The van der Waals surface area contributed by atoms with Crippen molar-refractivity contribution in [2.45, 2.75) is 138 Å². The monoisotopic (exact) mass is 778 g/mol. The zero-order chi connectivity index (χ0) is 41.5. The van der Waals surface area contributed by atoms with Gasteiger partial charge in [0.05, 0.1) is 21.3 Å². The Hall–Kier alpha value is -4.10. The molecule has 0 saturated heterocycles. The Labute approximate surface area is 330 Å². The molecule has 0 aromatic heterocycles. The molecule has 9 nitrogen and oxygen atoms in total. The van der Waals surface area contributed by atoms with Gasteiger partial charge in [0.25, 0.3) is 0 Å². The molecule has 0 saturated carbocycles. The number of hydrogen-bond donors (Lipinski definition) is 0. The largest absolute Gasteiger partial charge is 0.530 e. The smallest absolute Gasteiger partial charge is 0.469 e. The maximum Gasteiger partial charge on any atom is 0.530 e. The number of rotatable bonds is 15. The third-order valence-corrected chi connectivity index (χ3v) is 10.5. The summed E-state index contributed by atoms with van der Waals surface area (Å²) in [6.45, 7) is 25.2. The van der Waals surface area contributed by atoms with Crippen molar-refractivity contribution in [1.29, 1.82) is 0 Å². The van der Waals surface area contributed by atoms with E-state index < -0.39 is 8.60 Å². The van der Waals surface area contributed by atoms with Crippen LogP contribution in [0, 0.1) is 20.8 Å². The molecular weight excluding hydrogens is 715 g/mol. The lowest BCUT2D eigenvalue weighted by molar-refractivity contribution is -0.141. The molecule has 0 spiro atoms. The number of esters is 3. The first-order valence-electron chi connectivity index (χ1n) is 18.9. The van der Waals surface area contributed by atoms with E-state index in [0.29, 0.717) is 36.5 Å². The summed E-state index contributed by atoms with van der Waals surface area (Å²) in [6.07, 6.45) is 2.41. The van der Waals surface area contributed by atoms with Gasteiger partial charge in [0.2, 0.25) is 0 Å². The molecule has 0 N–H and O–H groups in total. The third-order valence-electron chi connectivity index (χ3n) is 9.46. The number of carbonyl (C=O) groups is 3. The Morgan fingerprint density at radius 3 is 0.891 bits per heavy atom. The van der Waals surface area contributed by atoms with E-state index in [1.165, 1.54) is 21.3 Å². The molecule has 0 bridgehead atoms. The van der Waals surface area contributed by atoms with Gasteiger partial charge in [-0.1, -0.05) is 98.7 Å². The average Bonchev–Trinajstić information content (AvgIpc) is 3.09. The van der Waals surface area contributed by atoms with Gasteiger partial charge >= 0.3 is 26.5 Å². The lowest BCUT2D eigenvalue weighted by Crippen LogP contribution is -2.19. The Kier molecular flexibility index (Phi) is 15.4. The van der Waals surface area contributed by atoms with Gasteiger partial charge in [0.1, 0.15) is 17.2 Å². The normalized spacial score (nSPS) is 12.0. The molecule has 3 rings (SSSR count). The van der Waals surface area contributed by atoms with E-state index in [-0.39, 0.29) is 53.4 Å². The van der Waals surface area contributed by atoms with Gasteiger partial charge in [0.15, 0.2) is 0 Å². The summed E-state index contributed by atoms with van der Waals surface area (Å²) < 4.78 is 35.8. The predicted molar refractivity (Wildman–Crippen MR) is 219 cm³/mol. The van der Waals surface area contributed by atoms with Gasteiger partial charge in [-0.3, -0.25) is 14.4 Å². The topological polar surface area (TPSA) is 107 Å². The summed E-state index contributed by atoms with van der Waals surface area (Å²) in [4.78, 5) is 36.1. The molecule has 0 aliphatic carbocycles. The Bertz CT molecular complexity index is 1630. The summed E-state index contributed by atoms with van der Waals surface area (Å²) in [7, 11) is 2.06. The molecule has 302 valence electrons. The quantitative estimate of drug-likeness (QED) is 0.0846. The van der Waals surface area contributed by atoms with Crippen LogP contribution in [0.1, 0.15) is 132 Å². The maximum absolute atomic E-state index is 12.0. The highest BCUT2D eigenvalue weighted by Crippen LogP contribution is 2.51. The number of ether oxygens (including phenoxy) is 3. The second-order valence-corrected chi connectivity index (χ2v) is 18.3. The molecular formula is C45H63O9P. The highest BCUT2D eigenvalue weighted by atomic mass is 31.2. The second-order valence-electron chi connectivity index (χ2n) is 17.3. The molecule has 3 aromatic rings. The van der Waals surface area contributed by atoms with E-state index >= 15 is 0 Å². The van der Waals surface area contributed by atoms with Crippen molar-refractivity contribution in [3.63, 3.8) is 0 Å². The molecule has 0 aliphatic heterocycles. The fourth-order valence-corrected chi connectivity index (χ4v) is 7.62. The van der Waals surface area contributed by atoms with E-state index in [1.807, 2.05) is 39.0 Å². The van der Waals surface area contributed by atoms with Crippen molar-refractivity contribution in [1.82, 2.24) is 0 Å². The Balaban J connectivity index is 2.26. The van der Waals surface area contributed by atoms with Crippen LogP contribution >= 0.6 is 8.60 Å². The number of aryl methyl sites for hydroxylation is 6. The van der Waals surface area contributed by atoms with Crippen molar-refractivity contribution in [3.05, 3.63) is 86.5 Å². The Morgan fingerprint density at radius 1 is 0.455 bits per heavy atom. The van der Waals surface area contributed by atoms with Gasteiger partial charge in [-0.15, -0.1) is 0 Å². The van der Waals surface area contributed by atoms with Crippen molar-refractivity contribution in [2.24, 2.45) is 0 Å². The first kappa shape index (κ1) is 45.3. The van der Waals surface area contributed by atoms with Crippen LogP contribution in [0.25, 0.3) is 0 Å². The first-order chi connectivity index (χ1) is 25.5. The molecule has 55 heavy (non-hydrogen) atoms. The van der Waals surface area contributed by atoms with Crippen LogP contribution in [0.15, 0.2) is 36.4 Å². The molecule has 0 unspecified atom stereocenters. The third kappa shape index (κ3) is 12.7. The van der Waals surface area contributed by atoms with Crippen LogP contribution in [0.4, 0.5) is 0 Å². The van der Waals surface area contributed by atoms with E-state index in [0.717, 1.165) is 50.1 Å². The average molecular weight is 779 g/mol. The van der Waals surface area contributed by atoms with Crippen LogP contribution in [0.3, 0.4) is 0 Å². The molecule has 0 amide bonds. The first-order valence-corrected chi connectivity index (χ1v) is 20.0. The van der Waals surface area contributed by atoms with Crippen molar-refractivity contribution < 1.29 is 42.2 Å². The summed E-state index contributed by atoms with van der Waals surface area (Å²) in [5, 5.41) is 0. The van der Waals surface area contributed by atoms with E-state index in [9.17, 15) is 14.4 Å². The van der Waals surface area contributed by atoms with Gasteiger partial charge in [-0.2, -0.15) is 0 Å². The number of methoxy groups -OCH3 is 3. The minimum atomic E-state index is -2.14. The van der Waals surface area contributed by atoms with E-state index in [2.05, 4.69) is 80.5 Å². The number of hydrogen-bond acceptors (Lipinski definition) is 9. The van der Waals surface area contributed by atoms with Crippen LogP contribution < -0.4 is 13.6 Å². The molecule has 0 atom stereocenters. The summed E-state index contributed by atoms with van der Waals surface area (Å²) in [5.74, 6) is 1.20. The minimum Gasteiger partial charge on any atom is -0.469 e. The SMILES string of the molecule is COC(=O)CCc1cc(C)c(OP(Oc2c(C)cc(CCC(=O)OC)cc2C(C)(C)C)Oc2c(C)cc(CCC(=O)OC)cc2C(C)(C)C)c(C(C)(C)C)c1. The number of benzene rings is 3. The molecule has 0 radical (unpaired) electrons. The number of carbonyl (C=O) groups excluding carboxylic acids is 3. The fraction of sp³-hybridized carbons (Fsp3) is 0.533. The standard InChI is InChI=1S/C45H63O9P/c1-28-22-31(16-19-37(46)49-13)25-34(43(4,5)6)40(28)52-55(53-41-29(2)23-32(17-20-38(47)50-14)26-35(41)44(7,8)9)54-42-30(3)24-33(18-21-39(48)51-15)27-36(42)45(10,11)12/h22-27H,16-21H2,1-15H3. The lowest BCUT2D eigenvalue weighted by atomic mass is 9.83. The van der Waals surface area contributed by atoms with Crippen molar-refractivity contribution >= 4 is 26.5 Å². The van der Waals surface area contributed by atoms with Gasteiger partial charge in [-0.25, -0.2) is 0 Å². The van der Waals surface area contributed by atoms with E-state index in [1.54, 1.807) is 0 Å². The summed E-state index contributed by atoms with van der Waals surface area (Å²) in [5.41, 5.74) is 7.60. The molecule has 0 fully saturated rings. The zero-order valence-corrected chi connectivity index (χ0v) is 36.7. The van der Waals surface area contributed by atoms with Gasteiger partial charge < -0.3 is 27.8 Å². The molecule has 10 heteroatoms. The highest BCUT2D eigenvalue weighted by molar-refractivity contribution is 7.43. The zero-order valence-electron chi connectivity index (χ0n) is 35.8. The van der Waals surface area contributed by atoms with E-state index in [4.69, 9.17) is 27.8 Å². The Morgan fingerprint density at radius 2 is 0.691 bits per heavy atom.